The van der Waals surface area contributed by atoms with Gasteiger partial charge in [-0.05, 0) is 66.2 Å². The molecule has 200 valence electrons. The Balaban J connectivity index is 1.30. The van der Waals surface area contributed by atoms with E-state index in [1.54, 1.807) is 54.6 Å². The Morgan fingerprint density at radius 1 is 0.800 bits per heavy atom. The number of thiazole rings is 1. The highest BCUT2D eigenvalue weighted by Crippen LogP contribution is 2.38. The highest BCUT2D eigenvalue weighted by Gasteiger charge is 2.23. The molecule has 1 aromatic heterocycles. The molecule has 0 aliphatic carbocycles. The van der Waals surface area contributed by atoms with Crippen molar-refractivity contribution in [3.63, 3.8) is 0 Å². The molecule has 40 heavy (non-hydrogen) atoms. The largest absolute Gasteiger partial charge is 0.322 e. The Morgan fingerprint density at radius 3 is 2.27 bits per heavy atom. The molecule has 1 atom stereocenters. The van der Waals surface area contributed by atoms with Crippen LogP contribution in [-0.4, -0.2) is 16.8 Å². The molecule has 0 spiro atoms. The number of carbonyl (C=O) groups is 2. The number of thioether (sulfide) groups is 1. The molecule has 0 saturated heterocycles. The molecule has 5 nitrogen and oxygen atoms in total. The molecule has 1 heterocycles. The Bertz CT molecular complexity index is 1660. The first-order valence-electron chi connectivity index (χ1n) is 12.0. The first kappa shape index (κ1) is 28.2. The molecular weight excluding hydrogens is 605 g/mol. The average Bonchev–Trinajstić information content (AvgIpc) is 3.41. The molecule has 0 aliphatic heterocycles. The highest BCUT2D eigenvalue weighted by atomic mass is 35.5. The molecule has 4 aromatic carbocycles. The lowest BCUT2D eigenvalue weighted by atomic mass is 10.1. The number of hydrogen-bond donors (Lipinski definition) is 2. The van der Waals surface area contributed by atoms with E-state index in [2.05, 4.69) is 15.6 Å². The van der Waals surface area contributed by atoms with Crippen molar-refractivity contribution < 1.29 is 9.59 Å². The molecule has 5 aromatic rings. The molecular formula is C30H20Cl3N3O2S2. The summed E-state index contributed by atoms with van der Waals surface area (Å²) in [7, 11) is 0. The topological polar surface area (TPSA) is 71.1 Å². The van der Waals surface area contributed by atoms with Crippen LogP contribution in [0.5, 0.6) is 0 Å². The third-order valence-corrected chi connectivity index (χ3v) is 8.54. The van der Waals surface area contributed by atoms with Gasteiger partial charge in [0.15, 0.2) is 5.13 Å². The van der Waals surface area contributed by atoms with Crippen molar-refractivity contribution in [2.75, 3.05) is 10.6 Å². The fourth-order valence-electron chi connectivity index (χ4n) is 3.81. The van der Waals surface area contributed by atoms with Crippen LogP contribution in [0.2, 0.25) is 15.1 Å². The summed E-state index contributed by atoms with van der Waals surface area (Å²) in [5.41, 5.74) is 3.34. The van der Waals surface area contributed by atoms with Crippen LogP contribution >= 0.6 is 57.9 Å². The number of nitrogens with zero attached hydrogens (tertiary/aromatic N) is 1. The zero-order valence-electron chi connectivity index (χ0n) is 20.6. The van der Waals surface area contributed by atoms with E-state index < -0.39 is 5.25 Å². The Labute approximate surface area is 254 Å². The minimum atomic E-state index is -0.542. The number of carbonyl (C=O) groups excluding carboxylic acids is 2. The van der Waals surface area contributed by atoms with Crippen LogP contribution in [0.15, 0.2) is 107 Å². The lowest BCUT2D eigenvalue weighted by Gasteiger charge is -2.16. The number of anilines is 2. The maximum Gasteiger partial charge on any atom is 0.255 e. The fourth-order valence-corrected chi connectivity index (χ4v) is 6.24. The second kappa shape index (κ2) is 12.9. The monoisotopic (exact) mass is 623 g/mol. The summed E-state index contributed by atoms with van der Waals surface area (Å²) < 4.78 is 0. The Morgan fingerprint density at radius 2 is 1.55 bits per heavy atom. The van der Waals surface area contributed by atoms with Gasteiger partial charge in [-0.3, -0.25) is 9.59 Å². The Kier molecular flexibility index (Phi) is 9.09. The average molecular weight is 625 g/mol. The molecule has 1 unspecified atom stereocenters. The number of nitrogens with one attached hydrogen (secondary N) is 2. The maximum atomic E-state index is 13.5. The maximum absolute atomic E-state index is 13.5. The number of amides is 2. The van der Waals surface area contributed by atoms with Crippen molar-refractivity contribution in [1.29, 1.82) is 0 Å². The van der Waals surface area contributed by atoms with Gasteiger partial charge in [0.1, 0.15) is 5.25 Å². The lowest BCUT2D eigenvalue weighted by Crippen LogP contribution is -2.19. The number of benzene rings is 4. The standard InChI is InChI=1S/C30H20Cl3N3O2S2/c31-20-8-4-7-19(15-20)28(37)34-22-10-12-23(13-11-22)40-27(18-5-2-1-3-6-18)29(38)36-30-35-26(17-39-30)24-14-9-21(32)16-25(24)33/h1-17,27H,(H,34,37)(H,35,36,38). The van der Waals surface area contributed by atoms with Crippen LogP contribution in [-0.2, 0) is 4.79 Å². The zero-order valence-corrected chi connectivity index (χ0v) is 24.5. The third kappa shape index (κ3) is 7.05. The summed E-state index contributed by atoms with van der Waals surface area (Å²) in [5.74, 6) is -0.468. The quantitative estimate of drug-likeness (QED) is 0.169. The van der Waals surface area contributed by atoms with E-state index in [1.165, 1.54) is 23.1 Å². The van der Waals surface area contributed by atoms with E-state index in [9.17, 15) is 9.59 Å². The van der Waals surface area contributed by atoms with Gasteiger partial charge in [-0.25, -0.2) is 4.98 Å². The van der Waals surface area contributed by atoms with Crippen molar-refractivity contribution in [2.24, 2.45) is 0 Å². The van der Waals surface area contributed by atoms with Crippen LogP contribution in [0, 0.1) is 0 Å². The Hall–Kier alpha value is -3.33. The van der Waals surface area contributed by atoms with Gasteiger partial charge < -0.3 is 10.6 Å². The zero-order chi connectivity index (χ0) is 28.1. The van der Waals surface area contributed by atoms with Crippen LogP contribution < -0.4 is 10.6 Å². The smallest absolute Gasteiger partial charge is 0.255 e. The summed E-state index contributed by atoms with van der Waals surface area (Å²) in [5, 5.41) is 9.10. The minimum absolute atomic E-state index is 0.211. The predicted molar refractivity (Wildman–Crippen MR) is 167 cm³/mol. The highest BCUT2D eigenvalue weighted by molar-refractivity contribution is 8.00. The number of aromatic nitrogens is 1. The first-order valence-corrected chi connectivity index (χ1v) is 14.9. The van der Waals surface area contributed by atoms with Crippen LogP contribution in [0.4, 0.5) is 10.8 Å². The molecule has 0 saturated carbocycles. The molecule has 0 fully saturated rings. The third-order valence-electron chi connectivity index (χ3n) is 5.73. The van der Waals surface area contributed by atoms with Gasteiger partial charge in [-0.2, -0.15) is 0 Å². The first-order chi connectivity index (χ1) is 19.4. The summed E-state index contributed by atoms with van der Waals surface area (Å²) in [6, 6.07) is 28.8. The van der Waals surface area contributed by atoms with Gasteiger partial charge >= 0.3 is 0 Å². The fraction of sp³-hybridized carbons (Fsp3) is 0.0333. The normalized spacial score (nSPS) is 11.6. The molecule has 0 bridgehead atoms. The van der Waals surface area contributed by atoms with Crippen LogP contribution in [0.25, 0.3) is 11.3 Å². The SMILES string of the molecule is O=C(Nc1ccc(SC(C(=O)Nc2nc(-c3ccc(Cl)cc3Cl)cs2)c2ccccc2)cc1)c1cccc(Cl)c1. The van der Waals surface area contributed by atoms with Crippen LogP contribution in [0.3, 0.4) is 0 Å². The molecule has 2 amide bonds. The van der Waals surface area contributed by atoms with E-state index >= 15 is 0 Å². The number of rotatable bonds is 8. The van der Waals surface area contributed by atoms with Gasteiger partial charge in [0.25, 0.3) is 5.91 Å². The second-order valence-electron chi connectivity index (χ2n) is 8.55. The van der Waals surface area contributed by atoms with Crippen molar-refractivity contribution in [2.45, 2.75) is 10.1 Å². The van der Waals surface area contributed by atoms with E-state index in [4.69, 9.17) is 34.8 Å². The van der Waals surface area contributed by atoms with Crippen molar-refractivity contribution in [3.05, 3.63) is 129 Å². The van der Waals surface area contributed by atoms with Gasteiger partial charge in [-0.1, -0.05) is 71.2 Å². The van der Waals surface area contributed by atoms with Crippen molar-refractivity contribution >= 4 is 80.5 Å². The molecule has 10 heteroatoms. The van der Waals surface area contributed by atoms with E-state index in [-0.39, 0.29) is 11.8 Å². The summed E-state index contributed by atoms with van der Waals surface area (Å²) in [4.78, 5) is 31.5. The summed E-state index contributed by atoms with van der Waals surface area (Å²) in [6.07, 6.45) is 0. The van der Waals surface area contributed by atoms with Gasteiger partial charge in [0, 0.05) is 37.1 Å². The van der Waals surface area contributed by atoms with E-state index in [0.29, 0.717) is 37.1 Å². The lowest BCUT2D eigenvalue weighted by molar-refractivity contribution is -0.115. The molecule has 2 N–H and O–H groups in total. The van der Waals surface area contributed by atoms with E-state index in [0.717, 1.165) is 16.0 Å². The minimum Gasteiger partial charge on any atom is -0.322 e. The van der Waals surface area contributed by atoms with Gasteiger partial charge in [0.05, 0.1) is 10.7 Å². The summed E-state index contributed by atoms with van der Waals surface area (Å²) in [6.45, 7) is 0. The summed E-state index contributed by atoms with van der Waals surface area (Å²) >= 11 is 21.1. The van der Waals surface area contributed by atoms with Gasteiger partial charge in [0.2, 0.25) is 5.91 Å². The van der Waals surface area contributed by atoms with Crippen LogP contribution in [0.1, 0.15) is 21.2 Å². The number of hydrogen-bond acceptors (Lipinski definition) is 5. The van der Waals surface area contributed by atoms with Gasteiger partial charge in [-0.15, -0.1) is 23.1 Å². The molecule has 0 radical (unpaired) electrons. The second-order valence-corrected chi connectivity index (χ2v) is 11.9. The van der Waals surface area contributed by atoms with Crippen molar-refractivity contribution in [3.8, 4) is 11.3 Å². The predicted octanol–water partition coefficient (Wildman–Crippen LogP) is 9.49. The van der Waals surface area contributed by atoms with E-state index in [1.807, 2.05) is 47.8 Å². The molecule has 0 aliphatic rings. The van der Waals surface area contributed by atoms with Crippen molar-refractivity contribution in [1.82, 2.24) is 4.98 Å². The molecule has 5 rings (SSSR count). The number of halogens is 3.